The fourth-order valence-corrected chi connectivity index (χ4v) is 3.37. The quantitative estimate of drug-likeness (QED) is 0.718. The molecule has 0 aliphatic carbocycles. The third kappa shape index (κ3) is 4.14. The fourth-order valence-electron chi connectivity index (χ4n) is 2.19. The minimum atomic E-state index is -5.02. The van der Waals surface area contributed by atoms with Gasteiger partial charge in [0.25, 0.3) is 10.0 Å². The minimum absolute atomic E-state index is 0.140. The second kappa shape index (κ2) is 6.71. The Kier molecular flexibility index (Phi) is 4.60. The molecule has 0 unspecified atom stereocenters. The van der Waals surface area contributed by atoms with Crippen molar-refractivity contribution in [2.75, 3.05) is 4.72 Å². The van der Waals surface area contributed by atoms with Gasteiger partial charge in [-0.3, -0.25) is 4.72 Å². The van der Waals surface area contributed by atoms with Crippen molar-refractivity contribution in [3.8, 4) is 17.1 Å². The Balaban J connectivity index is 1.92. The molecule has 0 fully saturated rings. The zero-order valence-electron chi connectivity index (χ0n) is 12.9. The van der Waals surface area contributed by atoms with Gasteiger partial charge in [-0.2, -0.15) is 0 Å². The Morgan fingerprint density at radius 3 is 2.54 bits per heavy atom. The maximum Gasteiger partial charge on any atom is 0.573 e. The molecule has 26 heavy (non-hydrogen) atoms. The number of oxazole rings is 1. The zero-order chi connectivity index (χ0) is 18.8. The summed E-state index contributed by atoms with van der Waals surface area (Å²) in [6.45, 7) is 0. The van der Waals surface area contributed by atoms with Crippen molar-refractivity contribution in [1.29, 1.82) is 0 Å². The van der Waals surface area contributed by atoms with Gasteiger partial charge in [-0.15, -0.1) is 13.2 Å². The van der Waals surface area contributed by atoms with Gasteiger partial charge in [-0.25, -0.2) is 13.4 Å². The molecule has 0 saturated carbocycles. The Morgan fingerprint density at radius 2 is 1.85 bits per heavy atom. The maximum absolute atomic E-state index is 12.5. The van der Waals surface area contributed by atoms with Crippen LogP contribution >= 0.6 is 0 Å². The predicted octanol–water partition coefficient (Wildman–Crippen LogP) is 4.04. The van der Waals surface area contributed by atoms with E-state index in [1.165, 1.54) is 36.9 Å². The van der Waals surface area contributed by atoms with Crippen molar-refractivity contribution in [2.24, 2.45) is 0 Å². The van der Waals surface area contributed by atoms with Gasteiger partial charge in [0.2, 0.25) is 0 Å². The lowest BCUT2D eigenvalue weighted by molar-refractivity contribution is -0.275. The molecule has 0 amide bonds. The standard InChI is InChI=1S/C16H11F3N2O4S/c17-16(18,19)25-13-6-1-2-7-15(13)26(22,23)21-12-5-3-4-11(8-12)14-9-20-10-24-14/h1-10,21H. The Labute approximate surface area is 146 Å². The maximum atomic E-state index is 12.5. The van der Waals surface area contributed by atoms with Crippen molar-refractivity contribution >= 4 is 15.7 Å². The third-order valence-corrected chi connectivity index (χ3v) is 4.62. The van der Waals surface area contributed by atoms with E-state index in [1.807, 2.05) is 0 Å². The average molecular weight is 384 g/mol. The van der Waals surface area contributed by atoms with Crippen LogP contribution in [0.3, 0.4) is 0 Å². The van der Waals surface area contributed by atoms with Crippen LogP contribution in [0.2, 0.25) is 0 Å². The molecule has 1 heterocycles. The number of benzene rings is 2. The second-order valence-electron chi connectivity index (χ2n) is 5.05. The lowest BCUT2D eigenvalue weighted by Gasteiger charge is -2.14. The summed E-state index contributed by atoms with van der Waals surface area (Å²) in [5, 5.41) is 0. The number of para-hydroxylation sites is 1. The first kappa shape index (κ1) is 17.8. The molecule has 0 bridgehead atoms. The molecular formula is C16H11F3N2O4S. The van der Waals surface area contributed by atoms with Crippen LogP contribution in [0.5, 0.6) is 5.75 Å². The minimum Gasteiger partial charge on any atom is -0.444 e. The molecule has 0 atom stereocenters. The molecule has 136 valence electrons. The largest absolute Gasteiger partial charge is 0.573 e. The van der Waals surface area contributed by atoms with Gasteiger partial charge in [0.05, 0.1) is 6.20 Å². The van der Waals surface area contributed by atoms with Gasteiger partial charge < -0.3 is 9.15 Å². The SMILES string of the molecule is O=S(=O)(Nc1cccc(-c2cnco2)c1)c1ccccc1OC(F)(F)F. The highest BCUT2D eigenvalue weighted by atomic mass is 32.2. The molecule has 3 rings (SSSR count). The first-order chi connectivity index (χ1) is 12.2. The molecule has 6 nitrogen and oxygen atoms in total. The normalized spacial score (nSPS) is 12.0. The van der Waals surface area contributed by atoms with Crippen LogP contribution in [-0.2, 0) is 10.0 Å². The topological polar surface area (TPSA) is 81.4 Å². The number of nitrogens with zero attached hydrogens (tertiary/aromatic N) is 1. The summed E-state index contributed by atoms with van der Waals surface area (Å²) >= 11 is 0. The van der Waals surface area contributed by atoms with Crippen LogP contribution in [0.15, 0.2) is 70.4 Å². The number of anilines is 1. The molecule has 2 aromatic carbocycles. The van der Waals surface area contributed by atoms with E-state index in [-0.39, 0.29) is 5.69 Å². The van der Waals surface area contributed by atoms with Gasteiger partial charge in [0, 0.05) is 11.3 Å². The molecule has 0 spiro atoms. The molecular weight excluding hydrogens is 373 g/mol. The number of alkyl halides is 3. The summed E-state index contributed by atoms with van der Waals surface area (Å²) in [6, 6.07) is 10.6. The molecule has 1 aromatic heterocycles. The summed E-state index contributed by atoms with van der Waals surface area (Å²) in [5.74, 6) is -0.411. The van der Waals surface area contributed by atoms with E-state index < -0.39 is 27.0 Å². The predicted molar refractivity (Wildman–Crippen MR) is 85.9 cm³/mol. The van der Waals surface area contributed by atoms with E-state index in [9.17, 15) is 21.6 Å². The summed E-state index contributed by atoms with van der Waals surface area (Å²) in [5.41, 5.74) is 0.684. The van der Waals surface area contributed by atoms with Gasteiger partial charge in [0.15, 0.2) is 12.2 Å². The van der Waals surface area contributed by atoms with Gasteiger partial charge in [-0.05, 0) is 24.3 Å². The van der Waals surface area contributed by atoms with Crippen LogP contribution in [0.4, 0.5) is 18.9 Å². The lowest BCUT2D eigenvalue weighted by atomic mass is 10.2. The summed E-state index contributed by atoms with van der Waals surface area (Å²) in [6.07, 6.45) is -2.35. The number of rotatable bonds is 5. The van der Waals surface area contributed by atoms with Gasteiger partial charge in [-0.1, -0.05) is 24.3 Å². The molecule has 0 radical (unpaired) electrons. The number of halogens is 3. The second-order valence-corrected chi connectivity index (χ2v) is 6.70. The highest BCUT2D eigenvalue weighted by molar-refractivity contribution is 7.92. The molecule has 0 aliphatic heterocycles. The zero-order valence-corrected chi connectivity index (χ0v) is 13.7. The van der Waals surface area contributed by atoms with Gasteiger partial charge >= 0.3 is 6.36 Å². The molecule has 3 aromatic rings. The summed E-state index contributed by atoms with van der Waals surface area (Å²) < 4.78 is 73.7. The summed E-state index contributed by atoms with van der Waals surface area (Å²) in [7, 11) is -4.32. The van der Waals surface area contributed by atoms with Crippen molar-refractivity contribution in [3.63, 3.8) is 0 Å². The van der Waals surface area contributed by atoms with Crippen LogP contribution in [0.1, 0.15) is 0 Å². The van der Waals surface area contributed by atoms with Crippen LogP contribution < -0.4 is 9.46 Å². The Bertz CT molecular complexity index is 1000. The highest BCUT2D eigenvalue weighted by Crippen LogP contribution is 2.31. The number of hydrogen-bond acceptors (Lipinski definition) is 5. The van der Waals surface area contributed by atoms with E-state index in [0.717, 1.165) is 12.1 Å². The fraction of sp³-hybridized carbons (Fsp3) is 0.0625. The van der Waals surface area contributed by atoms with Crippen LogP contribution in [0.25, 0.3) is 11.3 Å². The number of ether oxygens (including phenoxy) is 1. The van der Waals surface area contributed by atoms with E-state index in [1.54, 1.807) is 12.1 Å². The average Bonchev–Trinajstić information content (AvgIpc) is 3.08. The number of nitrogens with one attached hydrogen (secondary N) is 1. The Morgan fingerprint density at radius 1 is 1.08 bits per heavy atom. The summed E-state index contributed by atoms with van der Waals surface area (Å²) in [4.78, 5) is 3.13. The number of hydrogen-bond donors (Lipinski definition) is 1. The number of sulfonamides is 1. The first-order valence-electron chi connectivity index (χ1n) is 7.11. The number of aromatic nitrogens is 1. The molecule has 1 N–H and O–H groups in total. The smallest absolute Gasteiger partial charge is 0.444 e. The van der Waals surface area contributed by atoms with Crippen molar-refractivity contribution in [3.05, 3.63) is 61.1 Å². The van der Waals surface area contributed by atoms with Crippen molar-refractivity contribution in [1.82, 2.24) is 4.98 Å². The Hall–Kier alpha value is -3.01. The molecule has 0 saturated heterocycles. The van der Waals surface area contributed by atoms with E-state index in [2.05, 4.69) is 14.4 Å². The first-order valence-corrected chi connectivity index (χ1v) is 8.59. The van der Waals surface area contributed by atoms with E-state index >= 15 is 0 Å². The van der Waals surface area contributed by atoms with E-state index in [0.29, 0.717) is 11.3 Å². The van der Waals surface area contributed by atoms with Gasteiger partial charge in [0.1, 0.15) is 10.6 Å². The monoisotopic (exact) mass is 384 g/mol. The molecule has 10 heteroatoms. The van der Waals surface area contributed by atoms with Crippen LogP contribution in [0, 0.1) is 0 Å². The van der Waals surface area contributed by atoms with Crippen molar-refractivity contribution < 1.29 is 30.7 Å². The third-order valence-electron chi connectivity index (χ3n) is 3.20. The van der Waals surface area contributed by atoms with Crippen molar-refractivity contribution in [2.45, 2.75) is 11.3 Å². The molecule has 0 aliphatic rings. The van der Waals surface area contributed by atoms with E-state index in [4.69, 9.17) is 4.42 Å². The van der Waals surface area contributed by atoms with Crippen LogP contribution in [-0.4, -0.2) is 19.8 Å². The lowest BCUT2D eigenvalue weighted by Crippen LogP contribution is -2.20. The highest BCUT2D eigenvalue weighted by Gasteiger charge is 2.34.